The van der Waals surface area contributed by atoms with Gasteiger partial charge in [-0.1, -0.05) is 25.7 Å². The summed E-state index contributed by atoms with van der Waals surface area (Å²) >= 11 is 0. The van der Waals surface area contributed by atoms with Crippen LogP contribution >= 0.6 is 12.4 Å². The third-order valence-corrected chi connectivity index (χ3v) is 6.14. The molecule has 0 aromatic rings. The van der Waals surface area contributed by atoms with Gasteiger partial charge in [0.25, 0.3) is 0 Å². The van der Waals surface area contributed by atoms with E-state index in [-0.39, 0.29) is 24.3 Å². The maximum Gasteiger partial charge on any atom is 0.315 e. The molecule has 3 aliphatic rings. The molecular weight excluding hydrogens is 364 g/mol. The SMILES string of the molecule is Cl.O=C(CCCCCNC(=O)NC1CCCCC1)NC1CC2CCC(C1)N2. The Hall–Kier alpha value is -1.01. The Labute approximate surface area is 169 Å². The minimum atomic E-state index is -0.0322. The Balaban J connectivity index is 0.00000261. The van der Waals surface area contributed by atoms with E-state index in [2.05, 4.69) is 21.3 Å². The van der Waals surface area contributed by atoms with E-state index in [1.54, 1.807) is 0 Å². The van der Waals surface area contributed by atoms with Gasteiger partial charge in [-0.3, -0.25) is 4.79 Å². The fraction of sp³-hybridized carbons (Fsp3) is 0.900. The van der Waals surface area contributed by atoms with Crippen molar-refractivity contribution in [2.75, 3.05) is 6.54 Å². The highest BCUT2D eigenvalue weighted by Crippen LogP contribution is 2.26. The first-order valence-electron chi connectivity index (χ1n) is 10.8. The zero-order chi connectivity index (χ0) is 18.2. The molecule has 3 amide bonds. The Kier molecular flexibility index (Phi) is 9.69. The topological polar surface area (TPSA) is 82.3 Å². The van der Waals surface area contributed by atoms with Crippen LogP contribution in [-0.2, 0) is 4.79 Å². The second-order valence-electron chi connectivity index (χ2n) is 8.42. The smallest absolute Gasteiger partial charge is 0.315 e. The van der Waals surface area contributed by atoms with Crippen molar-refractivity contribution in [2.45, 2.75) is 108 Å². The van der Waals surface area contributed by atoms with Crippen LogP contribution in [0.5, 0.6) is 0 Å². The first kappa shape index (κ1) is 22.3. The van der Waals surface area contributed by atoms with Crippen molar-refractivity contribution in [3.05, 3.63) is 0 Å². The molecule has 156 valence electrons. The van der Waals surface area contributed by atoms with Gasteiger partial charge in [-0.25, -0.2) is 4.79 Å². The molecule has 0 spiro atoms. The number of carbonyl (C=O) groups excluding carboxylic acids is 2. The van der Waals surface area contributed by atoms with Gasteiger partial charge in [0.05, 0.1) is 0 Å². The summed E-state index contributed by atoms with van der Waals surface area (Å²) < 4.78 is 0. The van der Waals surface area contributed by atoms with E-state index in [0.717, 1.165) is 44.9 Å². The van der Waals surface area contributed by atoms with Crippen LogP contribution < -0.4 is 21.3 Å². The molecule has 2 bridgehead atoms. The third-order valence-electron chi connectivity index (χ3n) is 6.14. The number of fused-ring (bicyclic) bond motifs is 2. The Morgan fingerprint density at radius 2 is 1.52 bits per heavy atom. The maximum atomic E-state index is 12.1. The van der Waals surface area contributed by atoms with Gasteiger partial charge in [-0.15, -0.1) is 12.4 Å². The van der Waals surface area contributed by atoms with Gasteiger partial charge in [0, 0.05) is 37.1 Å². The van der Waals surface area contributed by atoms with E-state index in [1.807, 2.05) is 0 Å². The van der Waals surface area contributed by atoms with E-state index < -0.39 is 0 Å². The van der Waals surface area contributed by atoms with Crippen LogP contribution in [0, 0.1) is 0 Å². The molecule has 1 aliphatic carbocycles. The van der Waals surface area contributed by atoms with E-state index >= 15 is 0 Å². The summed E-state index contributed by atoms with van der Waals surface area (Å²) in [6, 6.07) is 1.93. The van der Waals surface area contributed by atoms with Crippen LogP contribution in [0.3, 0.4) is 0 Å². The van der Waals surface area contributed by atoms with Gasteiger partial charge in [0.15, 0.2) is 0 Å². The fourth-order valence-electron chi connectivity index (χ4n) is 4.75. The normalized spacial score (nSPS) is 27.5. The zero-order valence-electron chi connectivity index (χ0n) is 16.4. The Morgan fingerprint density at radius 3 is 2.22 bits per heavy atom. The van der Waals surface area contributed by atoms with Crippen LogP contribution in [0.15, 0.2) is 0 Å². The van der Waals surface area contributed by atoms with Crippen molar-refractivity contribution in [1.29, 1.82) is 0 Å². The van der Waals surface area contributed by atoms with Gasteiger partial charge in [0.2, 0.25) is 5.91 Å². The minimum absolute atomic E-state index is 0. The lowest BCUT2D eigenvalue weighted by molar-refractivity contribution is -0.122. The van der Waals surface area contributed by atoms with E-state index in [1.165, 1.54) is 32.1 Å². The highest BCUT2D eigenvalue weighted by Gasteiger charge is 2.33. The first-order chi connectivity index (χ1) is 12.7. The van der Waals surface area contributed by atoms with Gasteiger partial charge in [-0.05, 0) is 51.4 Å². The minimum Gasteiger partial charge on any atom is -0.353 e. The number of carbonyl (C=O) groups is 2. The number of amides is 3. The summed E-state index contributed by atoms with van der Waals surface area (Å²) in [5, 5.41) is 12.8. The molecule has 4 N–H and O–H groups in total. The molecule has 2 atom stereocenters. The number of piperidine rings is 1. The quantitative estimate of drug-likeness (QED) is 0.473. The summed E-state index contributed by atoms with van der Waals surface area (Å²) in [6.07, 6.45) is 14.1. The number of halogens is 1. The second kappa shape index (κ2) is 11.7. The number of unbranched alkanes of at least 4 members (excludes halogenated alkanes) is 2. The van der Waals surface area contributed by atoms with Gasteiger partial charge in [-0.2, -0.15) is 0 Å². The van der Waals surface area contributed by atoms with Crippen molar-refractivity contribution in [1.82, 2.24) is 21.3 Å². The molecule has 0 aromatic carbocycles. The average Bonchev–Trinajstić information content (AvgIpc) is 2.97. The molecule has 6 nitrogen and oxygen atoms in total. The van der Waals surface area contributed by atoms with Crippen LogP contribution in [-0.4, -0.2) is 42.7 Å². The summed E-state index contributed by atoms with van der Waals surface area (Å²) in [7, 11) is 0. The lowest BCUT2D eigenvalue weighted by Gasteiger charge is -2.29. The molecule has 2 saturated heterocycles. The maximum absolute atomic E-state index is 12.1. The van der Waals surface area contributed by atoms with Crippen molar-refractivity contribution in [3.63, 3.8) is 0 Å². The summed E-state index contributed by atoms with van der Waals surface area (Å²) in [5.41, 5.74) is 0. The molecule has 0 radical (unpaired) electrons. The van der Waals surface area contributed by atoms with E-state index in [9.17, 15) is 9.59 Å². The summed E-state index contributed by atoms with van der Waals surface area (Å²) in [6.45, 7) is 0.692. The lowest BCUT2D eigenvalue weighted by Crippen LogP contribution is -2.47. The molecule has 3 rings (SSSR count). The predicted octanol–water partition coefficient (Wildman–Crippen LogP) is 3.00. The van der Waals surface area contributed by atoms with Crippen molar-refractivity contribution >= 4 is 24.3 Å². The molecule has 2 aliphatic heterocycles. The molecule has 0 aromatic heterocycles. The van der Waals surface area contributed by atoms with Gasteiger partial charge < -0.3 is 21.3 Å². The van der Waals surface area contributed by atoms with Crippen LogP contribution in [0.1, 0.15) is 83.5 Å². The molecule has 3 fully saturated rings. The lowest BCUT2D eigenvalue weighted by atomic mass is 9.96. The highest BCUT2D eigenvalue weighted by molar-refractivity contribution is 5.85. The Morgan fingerprint density at radius 1 is 0.815 bits per heavy atom. The largest absolute Gasteiger partial charge is 0.353 e. The van der Waals surface area contributed by atoms with Crippen LogP contribution in [0.2, 0.25) is 0 Å². The molecule has 1 saturated carbocycles. The van der Waals surface area contributed by atoms with Crippen LogP contribution in [0.4, 0.5) is 4.79 Å². The fourth-order valence-corrected chi connectivity index (χ4v) is 4.75. The first-order valence-corrected chi connectivity index (χ1v) is 10.8. The molecule has 2 unspecified atom stereocenters. The Bertz CT molecular complexity index is 459. The number of nitrogens with one attached hydrogen (secondary N) is 4. The average molecular weight is 401 g/mol. The number of rotatable bonds is 8. The van der Waals surface area contributed by atoms with Gasteiger partial charge >= 0.3 is 6.03 Å². The van der Waals surface area contributed by atoms with Gasteiger partial charge in [0.1, 0.15) is 0 Å². The summed E-state index contributed by atoms with van der Waals surface area (Å²) in [5.74, 6) is 0.194. The molecular formula is C20H37ClN4O2. The molecule has 2 heterocycles. The summed E-state index contributed by atoms with van der Waals surface area (Å²) in [4.78, 5) is 23.9. The van der Waals surface area contributed by atoms with E-state index in [0.29, 0.717) is 37.1 Å². The van der Waals surface area contributed by atoms with Crippen LogP contribution in [0.25, 0.3) is 0 Å². The van der Waals surface area contributed by atoms with Crippen molar-refractivity contribution in [2.24, 2.45) is 0 Å². The monoisotopic (exact) mass is 400 g/mol. The van der Waals surface area contributed by atoms with E-state index in [4.69, 9.17) is 0 Å². The standard InChI is InChI=1S/C20H36N4O2.ClH/c25-19(23-18-13-16-10-11-17(14-18)22-16)9-5-2-6-12-21-20(26)24-15-7-3-1-4-8-15;/h15-18,22H,1-14H2,(H,23,25)(H2,21,24,26);1H. The number of hydrogen-bond acceptors (Lipinski definition) is 3. The number of urea groups is 1. The molecule has 7 heteroatoms. The number of hydrogen-bond donors (Lipinski definition) is 4. The third kappa shape index (κ3) is 7.86. The second-order valence-corrected chi connectivity index (χ2v) is 8.42. The molecule has 27 heavy (non-hydrogen) atoms. The predicted molar refractivity (Wildman–Crippen MR) is 110 cm³/mol. The highest BCUT2D eigenvalue weighted by atomic mass is 35.5. The zero-order valence-corrected chi connectivity index (χ0v) is 17.3. The van der Waals surface area contributed by atoms with Crippen molar-refractivity contribution in [3.8, 4) is 0 Å². The van der Waals surface area contributed by atoms with Crippen molar-refractivity contribution < 1.29 is 9.59 Å².